The van der Waals surface area contributed by atoms with Crippen molar-refractivity contribution in [3.05, 3.63) is 118 Å². The van der Waals surface area contributed by atoms with Gasteiger partial charge in [0.05, 0.1) is 4.92 Å². The highest BCUT2D eigenvalue weighted by atomic mass is 16.6. The molecule has 0 atom stereocenters. The molecule has 0 aliphatic heterocycles. The van der Waals surface area contributed by atoms with Crippen molar-refractivity contribution in [3.8, 4) is 22.3 Å². The van der Waals surface area contributed by atoms with Crippen molar-refractivity contribution in [2.24, 2.45) is 0 Å². The lowest BCUT2D eigenvalue weighted by Gasteiger charge is -2.05. The molecular formula is C28H30N2O3. The molecule has 0 saturated heterocycles. The van der Waals surface area contributed by atoms with Crippen molar-refractivity contribution in [1.82, 2.24) is 0 Å². The van der Waals surface area contributed by atoms with Crippen LogP contribution in [0.25, 0.3) is 22.3 Å². The predicted molar refractivity (Wildman–Crippen MR) is 137 cm³/mol. The summed E-state index contributed by atoms with van der Waals surface area (Å²) in [4.78, 5) is 10.1. The van der Waals surface area contributed by atoms with Gasteiger partial charge in [0.1, 0.15) is 0 Å². The fourth-order valence-corrected chi connectivity index (χ4v) is 3.22. The van der Waals surface area contributed by atoms with Crippen LogP contribution in [0.15, 0.2) is 97.1 Å². The lowest BCUT2D eigenvalue weighted by molar-refractivity contribution is -0.384. The first-order chi connectivity index (χ1) is 15.9. The van der Waals surface area contributed by atoms with Crippen molar-refractivity contribution in [2.75, 3.05) is 12.3 Å². The van der Waals surface area contributed by atoms with Crippen molar-refractivity contribution >= 4 is 11.4 Å². The van der Waals surface area contributed by atoms with Gasteiger partial charge in [0.2, 0.25) is 0 Å². The van der Waals surface area contributed by atoms with E-state index in [-0.39, 0.29) is 17.2 Å². The number of nitro benzene ring substituents is 1. The molecular weight excluding hydrogens is 412 g/mol. The second-order valence-electron chi connectivity index (χ2n) is 7.37. The van der Waals surface area contributed by atoms with Crippen LogP contribution in [0.3, 0.4) is 0 Å². The summed E-state index contributed by atoms with van der Waals surface area (Å²) in [6, 6.07) is 30.9. The molecule has 4 aromatic carbocycles. The number of rotatable bonds is 3. The minimum absolute atomic E-state index is 0.123. The third-order valence-electron chi connectivity index (χ3n) is 4.90. The van der Waals surface area contributed by atoms with E-state index >= 15 is 0 Å². The number of nitro groups is 1. The SMILES string of the molecule is CCO.Cc1ccccc1-c1ccc(N)cc1.Cc1ccccc1-c1ccc([N+](=O)[O-])cc1. The molecule has 33 heavy (non-hydrogen) atoms. The van der Waals surface area contributed by atoms with Crippen LogP contribution in [0, 0.1) is 24.0 Å². The summed E-state index contributed by atoms with van der Waals surface area (Å²) in [6.45, 7) is 6.07. The summed E-state index contributed by atoms with van der Waals surface area (Å²) in [6.07, 6.45) is 0. The molecule has 0 bridgehead atoms. The van der Waals surface area contributed by atoms with E-state index in [2.05, 4.69) is 43.3 Å². The Balaban J connectivity index is 0.000000210. The molecule has 5 heteroatoms. The average Bonchev–Trinajstić information content (AvgIpc) is 2.81. The van der Waals surface area contributed by atoms with Gasteiger partial charge in [-0.1, -0.05) is 60.7 Å². The van der Waals surface area contributed by atoms with E-state index < -0.39 is 0 Å². The first kappa shape index (κ1) is 25.3. The Morgan fingerprint density at radius 3 is 1.45 bits per heavy atom. The average molecular weight is 443 g/mol. The number of non-ortho nitro benzene ring substituents is 1. The first-order valence-electron chi connectivity index (χ1n) is 10.7. The van der Waals surface area contributed by atoms with Gasteiger partial charge in [-0.05, 0) is 78.4 Å². The quantitative estimate of drug-likeness (QED) is 0.207. The highest BCUT2D eigenvalue weighted by molar-refractivity contribution is 5.69. The highest BCUT2D eigenvalue weighted by Crippen LogP contribution is 2.25. The number of benzene rings is 4. The number of nitrogens with zero attached hydrogens (tertiary/aromatic N) is 1. The van der Waals surface area contributed by atoms with Crippen molar-refractivity contribution in [3.63, 3.8) is 0 Å². The summed E-state index contributed by atoms with van der Waals surface area (Å²) < 4.78 is 0. The molecule has 0 radical (unpaired) electrons. The van der Waals surface area contributed by atoms with Gasteiger partial charge < -0.3 is 10.8 Å². The van der Waals surface area contributed by atoms with Crippen LogP contribution in [0.1, 0.15) is 18.1 Å². The minimum Gasteiger partial charge on any atom is -0.399 e. The molecule has 0 aliphatic carbocycles. The molecule has 0 amide bonds. The summed E-state index contributed by atoms with van der Waals surface area (Å²) in [7, 11) is 0. The van der Waals surface area contributed by atoms with Crippen molar-refractivity contribution in [2.45, 2.75) is 20.8 Å². The summed E-state index contributed by atoms with van der Waals surface area (Å²) >= 11 is 0. The number of aliphatic hydroxyl groups excluding tert-OH is 1. The Morgan fingerprint density at radius 1 is 0.727 bits per heavy atom. The molecule has 0 aromatic heterocycles. The largest absolute Gasteiger partial charge is 0.399 e. The van der Waals surface area contributed by atoms with Crippen LogP contribution < -0.4 is 5.73 Å². The second-order valence-corrected chi connectivity index (χ2v) is 7.37. The molecule has 5 nitrogen and oxygen atoms in total. The number of nitrogens with two attached hydrogens (primary N) is 1. The van der Waals surface area contributed by atoms with Gasteiger partial charge in [0, 0.05) is 24.4 Å². The zero-order chi connectivity index (χ0) is 24.2. The van der Waals surface area contributed by atoms with E-state index in [0.29, 0.717) is 0 Å². The van der Waals surface area contributed by atoms with Crippen LogP contribution >= 0.6 is 0 Å². The molecule has 4 rings (SSSR count). The zero-order valence-corrected chi connectivity index (χ0v) is 19.2. The molecule has 170 valence electrons. The Bertz CT molecular complexity index is 1150. The van der Waals surface area contributed by atoms with Gasteiger partial charge >= 0.3 is 0 Å². The number of aryl methyl sites for hydroxylation is 2. The van der Waals surface area contributed by atoms with Gasteiger partial charge in [-0.2, -0.15) is 0 Å². The molecule has 4 aromatic rings. The zero-order valence-electron chi connectivity index (χ0n) is 19.2. The van der Waals surface area contributed by atoms with Gasteiger partial charge in [0.15, 0.2) is 0 Å². The normalized spacial score (nSPS) is 9.70. The number of nitrogen functional groups attached to an aromatic ring is 1. The molecule has 0 spiro atoms. The summed E-state index contributed by atoms with van der Waals surface area (Å²) in [5.41, 5.74) is 13.6. The third-order valence-corrected chi connectivity index (χ3v) is 4.90. The molecule has 3 N–H and O–H groups in total. The smallest absolute Gasteiger partial charge is 0.269 e. The Morgan fingerprint density at radius 2 is 1.09 bits per heavy atom. The first-order valence-corrected chi connectivity index (χ1v) is 10.7. The maximum Gasteiger partial charge on any atom is 0.269 e. The molecule has 0 saturated carbocycles. The Kier molecular flexibility index (Phi) is 9.80. The Labute approximate surface area is 195 Å². The third kappa shape index (κ3) is 7.59. The monoisotopic (exact) mass is 442 g/mol. The van der Waals surface area contributed by atoms with Gasteiger partial charge in [-0.15, -0.1) is 0 Å². The minimum atomic E-state index is -0.387. The molecule has 0 unspecified atom stereocenters. The lowest BCUT2D eigenvalue weighted by atomic mass is 10.0. The molecule has 0 fully saturated rings. The van der Waals surface area contributed by atoms with Crippen LogP contribution in [0.5, 0.6) is 0 Å². The maximum atomic E-state index is 10.5. The number of aliphatic hydroxyl groups is 1. The summed E-state index contributed by atoms with van der Waals surface area (Å²) in [5.74, 6) is 0. The van der Waals surface area contributed by atoms with E-state index in [1.165, 1.54) is 28.8 Å². The fourth-order valence-electron chi connectivity index (χ4n) is 3.22. The van der Waals surface area contributed by atoms with E-state index in [0.717, 1.165) is 22.4 Å². The van der Waals surface area contributed by atoms with Crippen LogP contribution in [0.2, 0.25) is 0 Å². The van der Waals surface area contributed by atoms with Crippen molar-refractivity contribution < 1.29 is 10.0 Å². The fraction of sp³-hybridized carbons (Fsp3) is 0.143. The van der Waals surface area contributed by atoms with Crippen LogP contribution in [0.4, 0.5) is 11.4 Å². The topological polar surface area (TPSA) is 89.4 Å². The second kappa shape index (κ2) is 12.8. The van der Waals surface area contributed by atoms with E-state index in [9.17, 15) is 10.1 Å². The van der Waals surface area contributed by atoms with Crippen molar-refractivity contribution in [1.29, 1.82) is 0 Å². The van der Waals surface area contributed by atoms with Gasteiger partial charge in [0.25, 0.3) is 5.69 Å². The standard InChI is InChI=1S/C13H11NO2.C13H13N.C2H6O/c1-10-4-2-3-5-13(10)11-6-8-12(9-7-11)14(15)16;1-10-4-2-3-5-13(10)11-6-8-12(14)9-7-11;1-2-3/h2-9H,1H3;2-9H,14H2,1H3;3H,2H2,1H3. The predicted octanol–water partition coefficient (Wildman–Crippen LogP) is 6.81. The molecule has 0 heterocycles. The van der Waals surface area contributed by atoms with Crippen LogP contribution in [-0.4, -0.2) is 16.6 Å². The number of hydrogen-bond donors (Lipinski definition) is 2. The lowest BCUT2D eigenvalue weighted by Crippen LogP contribution is -1.88. The van der Waals surface area contributed by atoms with E-state index in [4.69, 9.17) is 10.8 Å². The van der Waals surface area contributed by atoms with Crippen LogP contribution in [-0.2, 0) is 0 Å². The number of anilines is 1. The Hall–Kier alpha value is -3.96. The van der Waals surface area contributed by atoms with Gasteiger partial charge in [-0.3, -0.25) is 10.1 Å². The number of hydrogen-bond acceptors (Lipinski definition) is 4. The van der Waals surface area contributed by atoms with E-state index in [1.54, 1.807) is 19.1 Å². The van der Waals surface area contributed by atoms with E-state index in [1.807, 2.05) is 43.3 Å². The maximum absolute atomic E-state index is 10.5. The molecule has 0 aliphatic rings. The van der Waals surface area contributed by atoms with Gasteiger partial charge in [-0.25, -0.2) is 0 Å². The highest BCUT2D eigenvalue weighted by Gasteiger charge is 2.06. The summed E-state index contributed by atoms with van der Waals surface area (Å²) in [5, 5.41) is 18.1.